The lowest BCUT2D eigenvalue weighted by Crippen LogP contribution is -2.28. The largest absolute Gasteiger partial charge is 0.333 e. The molecule has 4 atom stereocenters. The van der Waals surface area contributed by atoms with Crippen molar-refractivity contribution in [3.8, 4) is 16.8 Å². The Balaban J connectivity index is 0.980. The number of anilines is 2. The molecule has 4 aliphatic rings. The Labute approximate surface area is 341 Å². The van der Waals surface area contributed by atoms with Crippen molar-refractivity contribution in [2.45, 2.75) is 23.9 Å². The van der Waals surface area contributed by atoms with Gasteiger partial charge in [-0.3, -0.25) is 9.36 Å². The van der Waals surface area contributed by atoms with Crippen LogP contribution in [0.25, 0.3) is 65.9 Å². The third-order valence-electron chi connectivity index (χ3n) is 13.3. The fraction of sp³-hybridized carbons (Fsp3) is 0.0727. The Kier molecular flexibility index (Phi) is 6.80. The van der Waals surface area contributed by atoms with E-state index < -0.39 is 0 Å². The van der Waals surface area contributed by atoms with Crippen molar-refractivity contribution in [2.24, 2.45) is 0 Å². The SMILES string of the molecule is O=c1c2ccccc2c2cc(-c3ccc4c(c3)C3C=CC=CC3N4c3ccccc3)cc3c2n1C1C=CC(c2ccc4c(c2)c2ccccc2n4-c2ccccc2)=CC31. The van der Waals surface area contributed by atoms with Crippen molar-refractivity contribution in [3.63, 3.8) is 0 Å². The molecule has 278 valence electrons. The molecule has 4 nitrogen and oxygen atoms in total. The standard InChI is InChI=1S/C55H37N3O/c59-55-43-20-8-7-17-40(43)47-32-37(36-25-27-52-45(31-36)42-19-10-12-22-50(42)57(52)39-15-5-2-6-16-39)33-48-46-30-35(24-28-53(46)58(55)54(47)48)34-23-26-51-44(29-34)41-18-9-11-21-49(41)56(51)38-13-3-1-4-14-38/h1-33,42,46,50,53H. The molecule has 0 saturated carbocycles. The predicted octanol–water partition coefficient (Wildman–Crippen LogP) is 12.9. The molecular formula is C55H37N3O. The summed E-state index contributed by atoms with van der Waals surface area (Å²) in [4.78, 5) is 16.9. The van der Waals surface area contributed by atoms with Crippen LogP contribution in [0.2, 0.25) is 0 Å². The van der Waals surface area contributed by atoms with Gasteiger partial charge >= 0.3 is 0 Å². The number of allylic oxidation sites excluding steroid dienone is 6. The van der Waals surface area contributed by atoms with E-state index in [0.717, 1.165) is 27.4 Å². The van der Waals surface area contributed by atoms with Gasteiger partial charge in [-0.2, -0.15) is 0 Å². The van der Waals surface area contributed by atoms with Crippen molar-refractivity contribution in [1.29, 1.82) is 0 Å². The molecule has 2 aromatic heterocycles. The van der Waals surface area contributed by atoms with Gasteiger partial charge in [0.25, 0.3) is 5.56 Å². The third-order valence-corrected chi connectivity index (χ3v) is 13.3. The van der Waals surface area contributed by atoms with Gasteiger partial charge in [0.15, 0.2) is 0 Å². The second-order valence-corrected chi connectivity index (χ2v) is 16.4. The predicted molar refractivity (Wildman–Crippen MR) is 244 cm³/mol. The summed E-state index contributed by atoms with van der Waals surface area (Å²) in [5.41, 5.74) is 14.4. The van der Waals surface area contributed by atoms with Crippen LogP contribution >= 0.6 is 0 Å². The normalized spacial score (nSPS) is 19.8. The van der Waals surface area contributed by atoms with Gasteiger partial charge in [0.1, 0.15) is 0 Å². The molecule has 2 aliphatic heterocycles. The van der Waals surface area contributed by atoms with E-state index in [1.807, 2.05) is 12.1 Å². The van der Waals surface area contributed by atoms with Crippen LogP contribution in [0.3, 0.4) is 0 Å². The highest BCUT2D eigenvalue weighted by atomic mass is 16.1. The summed E-state index contributed by atoms with van der Waals surface area (Å²) in [7, 11) is 0. The van der Waals surface area contributed by atoms with E-state index in [-0.39, 0.29) is 29.5 Å². The first-order chi connectivity index (χ1) is 29.2. The van der Waals surface area contributed by atoms with Crippen LogP contribution in [0.5, 0.6) is 0 Å². The summed E-state index contributed by atoms with van der Waals surface area (Å²) in [5, 5.41) is 5.37. The van der Waals surface area contributed by atoms with Crippen LogP contribution in [-0.4, -0.2) is 15.2 Å². The van der Waals surface area contributed by atoms with Gasteiger partial charge in [-0.05, 0) is 112 Å². The van der Waals surface area contributed by atoms with Crippen LogP contribution in [0.1, 0.15) is 34.6 Å². The van der Waals surface area contributed by atoms with Crippen LogP contribution in [0.4, 0.5) is 11.4 Å². The van der Waals surface area contributed by atoms with Crippen molar-refractivity contribution < 1.29 is 0 Å². The monoisotopic (exact) mass is 755 g/mol. The molecule has 0 saturated heterocycles. The highest BCUT2D eigenvalue weighted by Gasteiger charge is 2.39. The molecule has 4 heteroatoms. The summed E-state index contributed by atoms with van der Waals surface area (Å²) in [6.07, 6.45) is 16.0. The molecule has 4 unspecified atom stereocenters. The lowest BCUT2D eigenvalue weighted by molar-refractivity contribution is 0.588. The third kappa shape index (κ3) is 4.63. The van der Waals surface area contributed by atoms with Crippen molar-refractivity contribution in [2.75, 3.05) is 4.90 Å². The molecular weight excluding hydrogens is 719 g/mol. The first-order valence-electron chi connectivity index (χ1n) is 20.6. The Hall–Kier alpha value is -7.43. The fourth-order valence-electron chi connectivity index (χ4n) is 10.8. The fourth-order valence-corrected chi connectivity index (χ4v) is 10.8. The average Bonchev–Trinajstić information content (AvgIpc) is 3.94. The lowest BCUT2D eigenvalue weighted by Gasteiger charge is -2.28. The van der Waals surface area contributed by atoms with Crippen molar-refractivity contribution >= 4 is 60.4 Å². The van der Waals surface area contributed by atoms with Gasteiger partial charge in [0.05, 0.1) is 28.6 Å². The number of para-hydroxylation sites is 3. The maximum Gasteiger partial charge on any atom is 0.259 e. The van der Waals surface area contributed by atoms with Gasteiger partial charge in [-0.1, -0.05) is 127 Å². The minimum atomic E-state index is -0.105. The van der Waals surface area contributed by atoms with E-state index in [9.17, 15) is 4.79 Å². The quantitative estimate of drug-likeness (QED) is 0.167. The lowest BCUT2D eigenvalue weighted by atomic mass is 9.84. The number of hydrogen-bond donors (Lipinski definition) is 0. The second kappa shape index (κ2) is 12.3. The molecule has 4 heterocycles. The summed E-state index contributed by atoms with van der Waals surface area (Å²) in [6, 6.07) is 57.0. The molecule has 0 bridgehead atoms. The summed E-state index contributed by atoms with van der Waals surface area (Å²) >= 11 is 0. The molecule has 7 aromatic carbocycles. The van der Waals surface area contributed by atoms with Crippen LogP contribution in [-0.2, 0) is 0 Å². The molecule has 9 aromatic rings. The Bertz CT molecular complexity index is 3440. The Morgan fingerprint density at radius 2 is 1.14 bits per heavy atom. The summed E-state index contributed by atoms with van der Waals surface area (Å²) in [6.45, 7) is 0. The van der Waals surface area contributed by atoms with Crippen LogP contribution in [0.15, 0.2) is 205 Å². The number of aromatic nitrogens is 2. The molecule has 2 aliphatic carbocycles. The van der Waals surface area contributed by atoms with Gasteiger partial charge in [-0.15, -0.1) is 0 Å². The summed E-state index contributed by atoms with van der Waals surface area (Å²) in [5.74, 6) is 0.260. The molecule has 59 heavy (non-hydrogen) atoms. The maximum atomic E-state index is 14.5. The highest BCUT2D eigenvalue weighted by Crippen LogP contribution is 2.52. The topological polar surface area (TPSA) is 30.2 Å². The van der Waals surface area contributed by atoms with Crippen LogP contribution in [0, 0.1) is 0 Å². The zero-order valence-corrected chi connectivity index (χ0v) is 32.1. The van der Waals surface area contributed by atoms with E-state index in [2.05, 4.69) is 202 Å². The number of pyridine rings is 1. The van der Waals surface area contributed by atoms with E-state index in [0.29, 0.717) is 0 Å². The molecule has 0 radical (unpaired) electrons. The smallest absolute Gasteiger partial charge is 0.259 e. The maximum absolute atomic E-state index is 14.5. The van der Waals surface area contributed by atoms with Gasteiger partial charge in [-0.25, -0.2) is 0 Å². The average molecular weight is 756 g/mol. The molecule has 0 fully saturated rings. The molecule has 0 N–H and O–H groups in total. The second-order valence-electron chi connectivity index (χ2n) is 16.4. The number of fused-ring (bicyclic) bond motifs is 11. The van der Waals surface area contributed by atoms with E-state index in [1.54, 1.807) is 0 Å². The zero-order valence-electron chi connectivity index (χ0n) is 32.1. The minimum Gasteiger partial charge on any atom is -0.333 e. The first-order valence-corrected chi connectivity index (χ1v) is 20.6. The Morgan fingerprint density at radius 3 is 1.98 bits per heavy atom. The van der Waals surface area contributed by atoms with E-state index in [1.165, 1.54) is 66.6 Å². The number of benzene rings is 7. The Morgan fingerprint density at radius 1 is 0.458 bits per heavy atom. The van der Waals surface area contributed by atoms with E-state index >= 15 is 0 Å². The highest BCUT2D eigenvalue weighted by molar-refractivity contribution is 6.11. The number of rotatable bonds is 4. The molecule has 0 amide bonds. The number of nitrogens with zero attached hydrogens (tertiary/aromatic N) is 3. The molecule has 0 spiro atoms. The number of hydrogen-bond acceptors (Lipinski definition) is 2. The first kappa shape index (κ1) is 32.6. The van der Waals surface area contributed by atoms with E-state index in [4.69, 9.17) is 0 Å². The zero-order chi connectivity index (χ0) is 38.8. The summed E-state index contributed by atoms with van der Waals surface area (Å²) < 4.78 is 4.44. The van der Waals surface area contributed by atoms with Crippen LogP contribution < -0.4 is 10.5 Å². The van der Waals surface area contributed by atoms with Crippen molar-refractivity contribution in [1.82, 2.24) is 9.13 Å². The van der Waals surface area contributed by atoms with Gasteiger partial charge in [0, 0.05) is 50.4 Å². The van der Waals surface area contributed by atoms with Gasteiger partial charge < -0.3 is 9.47 Å². The molecule has 13 rings (SSSR count). The van der Waals surface area contributed by atoms with Gasteiger partial charge in [0.2, 0.25) is 0 Å². The van der Waals surface area contributed by atoms with Crippen molar-refractivity contribution in [3.05, 3.63) is 227 Å². The minimum absolute atomic E-state index is 0.00196.